The van der Waals surface area contributed by atoms with Gasteiger partial charge in [0.05, 0.1) is 18.2 Å². The molecule has 2 amide bonds. The average molecular weight is 354 g/mol. The summed E-state index contributed by atoms with van der Waals surface area (Å²) in [7, 11) is 0. The zero-order chi connectivity index (χ0) is 17.5. The maximum atomic E-state index is 12.2. The van der Waals surface area contributed by atoms with Crippen LogP contribution < -0.4 is 10.6 Å². The van der Waals surface area contributed by atoms with Crippen LogP contribution in [0.4, 0.5) is 5.13 Å². The van der Waals surface area contributed by atoms with Crippen molar-refractivity contribution in [2.24, 2.45) is 5.92 Å². The van der Waals surface area contributed by atoms with Crippen LogP contribution >= 0.6 is 11.3 Å². The molecule has 0 spiro atoms. The molecule has 3 N–H and O–H groups in total. The molecule has 7 nitrogen and oxygen atoms in total. The second-order valence-corrected chi connectivity index (χ2v) is 7.35. The van der Waals surface area contributed by atoms with Gasteiger partial charge in [0.15, 0.2) is 5.13 Å². The lowest BCUT2D eigenvalue weighted by atomic mass is 9.97. The third-order valence-corrected chi connectivity index (χ3v) is 5.14. The van der Waals surface area contributed by atoms with Gasteiger partial charge in [0.25, 0.3) is 0 Å². The number of nitrogens with one attached hydrogen (secondary N) is 2. The summed E-state index contributed by atoms with van der Waals surface area (Å²) < 4.78 is 0. The van der Waals surface area contributed by atoms with Crippen molar-refractivity contribution >= 4 is 28.3 Å². The van der Waals surface area contributed by atoms with Gasteiger partial charge in [-0.2, -0.15) is 0 Å². The lowest BCUT2D eigenvalue weighted by Gasteiger charge is -2.31. The first kappa shape index (κ1) is 18.8. The average Bonchev–Trinajstić information content (AvgIpc) is 2.85. The van der Waals surface area contributed by atoms with Gasteiger partial charge in [-0.1, -0.05) is 0 Å². The minimum atomic E-state index is -0.0925. The van der Waals surface area contributed by atoms with Gasteiger partial charge in [-0.3, -0.25) is 14.5 Å². The van der Waals surface area contributed by atoms with Crippen molar-refractivity contribution in [1.82, 2.24) is 15.2 Å². The number of nitrogens with zero attached hydrogens (tertiary/aromatic N) is 2. The molecule has 0 bridgehead atoms. The highest BCUT2D eigenvalue weighted by Crippen LogP contribution is 2.21. The molecular weight excluding hydrogens is 328 g/mol. The summed E-state index contributed by atoms with van der Waals surface area (Å²) in [6.45, 7) is 6.16. The molecule has 1 atom stereocenters. The highest BCUT2D eigenvalue weighted by atomic mass is 32.1. The summed E-state index contributed by atoms with van der Waals surface area (Å²) in [5.41, 5.74) is 0.938. The number of piperidine rings is 1. The Kier molecular flexibility index (Phi) is 7.14. The van der Waals surface area contributed by atoms with Crippen LogP contribution in [-0.4, -0.2) is 59.6 Å². The van der Waals surface area contributed by atoms with Crippen molar-refractivity contribution in [1.29, 1.82) is 0 Å². The van der Waals surface area contributed by atoms with Gasteiger partial charge in [-0.25, -0.2) is 4.98 Å². The van der Waals surface area contributed by atoms with E-state index < -0.39 is 0 Å². The first-order chi connectivity index (χ1) is 11.5. The minimum Gasteiger partial charge on any atom is -0.396 e. The number of hydrogen-bond donors (Lipinski definition) is 3. The first-order valence-corrected chi connectivity index (χ1v) is 9.16. The van der Waals surface area contributed by atoms with Gasteiger partial charge < -0.3 is 15.7 Å². The second-order valence-electron chi connectivity index (χ2n) is 6.15. The molecule has 0 aromatic carbocycles. The SMILES string of the molecule is Cc1nc(NC(=O)CN2CCCC(C(=O)NCCCO)C2)sc1C. The van der Waals surface area contributed by atoms with Crippen molar-refractivity contribution in [3.05, 3.63) is 10.6 Å². The van der Waals surface area contributed by atoms with E-state index in [1.807, 2.05) is 18.7 Å². The Hall–Kier alpha value is -1.51. The van der Waals surface area contributed by atoms with E-state index in [2.05, 4.69) is 15.6 Å². The fourth-order valence-corrected chi connectivity index (χ4v) is 3.57. The van der Waals surface area contributed by atoms with Crippen LogP contribution in [0.2, 0.25) is 0 Å². The molecule has 1 unspecified atom stereocenters. The summed E-state index contributed by atoms with van der Waals surface area (Å²) in [6, 6.07) is 0. The quantitative estimate of drug-likeness (QED) is 0.633. The number of aliphatic hydroxyl groups excluding tert-OH is 1. The molecule has 0 saturated carbocycles. The van der Waals surface area contributed by atoms with E-state index in [1.54, 1.807) is 0 Å². The normalized spacial score (nSPS) is 18.4. The summed E-state index contributed by atoms with van der Waals surface area (Å²) in [4.78, 5) is 31.7. The molecule has 1 saturated heterocycles. The predicted octanol–water partition coefficient (Wildman–Crippen LogP) is 0.909. The molecule has 0 radical (unpaired) electrons. The number of carbonyl (C=O) groups is 2. The highest BCUT2D eigenvalue weighted by molar-refractivity contribution is 7.15. The number of rotatable bonds is 7. The Morgan fingerprint density at radius 3 is 2.88 bits per heavy atom. The van der Waals surface area contributed by atoms with Crippen molar-refractivity contribution in [2.75, 3.05) is 38.1 Å². The molecule has 1 fully saturated rings. The third kappa shape index (κ3) is 5.54. The van der Waals surface area contributed by atoms with Crippen LogP contribution in [0.25, 0.3) is 0 Å². The standard InChI is InChI=1S/C16H26N4O3S/c1-11-12(2)24-16(18-11)19-14(22)10-20-7-3-5-13(9-20)15(23)17-6-4-8-21/h13,21H,3-10H2,1-2H3,(H,17,23)(H,18,19,22). The molecule has 2 rings (SSSR count). The van der Waals surface area contributed by atoms with E-state index in [4.69, 9.17) is 5.11 Å². The highest BCUT2D eigenvalue weighted by Gasteiger charge is 2.26. The number of aliphatic hydroxyl groups is 1. The van der Waals surface area contributed by atoms with E-state index in [0.717, 1.165) is 30.0 Å². The Bertz CT molecular complexity index is 556. The van der Waals surface area contributed by atoms with E-state index in [1.165, 1.54) is 11.3 Å². The Balaban J connectivity index is 1.79. The Labute approximate surface area is 146 Å². The molecule has 134 valence electrons. The van der Waals surface area contributed by atoms with E-state index >= 15 is 0 Å². The van der Waals surface area contributed by atoms with Crippen molar-refractivity contribution < 1.29 is 14.7 Å². The number of hydrogen-bond acceptors (Lipinski definition) is 6. The molecular formula is C16H26N4O3S. The molecule has 1 aromatic rings. The van der Waals surface area contributed by atoms with Crippen molar-refractivity contribution in [3.63, 3.8) is 0 Å². The number of aromatic nitrogens is 1. The first-order valence-electron chi connectivity index (χ1n) is 8.34. The van der Waals surface area contributed by atoms with Gasteiger partial charge >= 0.3 is 0 Å². The van der Waals surface area contributed by atoms with Crippen molar-refractivity contribution in [3.8, 4) is 0 Å². The van der Waals surface area contributed by atoms with Crippen LogP contribution in [0, 0.1) is 19.8 Å². The summed E-state index contributed by atoms with van der Waals surface area (Å²) >= 11 is 1.48. The van der Waals surface area contributed by atoms with Gasteiger partial charge in [0.1, 0.15) is 0 Å². The lowest BCUT2D eigenvalue weighted by Crippen LogP contribution is -2.45. The number of thiazole rings is 1. The summed E-state index contributed by atoms with van der Waals surface area (Å²) in [5, 5.41) is 15.1. The second kappa shape index (κ2) is 9.10. The Morgan fingerprint density at radius 1 is 1.42 bits per heavy atom. The fraction of sp³-hybridized carbons (Fsp3) is 0.688. The zero-order valence-electron chi connectivity index (χ0n) is 14.3. The van der Waals surface area contributed by atoms with E-state index in [9.17, 15) is 9.59 Å². The molecule has 8 heteroatoms. The molecule has 1 aliphatic heterocycles. The van der Waals surface area contributed by atoms with Crippen LogP contribution in [0.1, 0.15) is 29.8 Å². The summed E-state index contributed by atoms with van der Waals surface area (Å²) in [6.07, 6.45) is 2.31. The predicted molar refractivity (Wildman–Crippen MR) is 94.1 cm³/mol. The monoisotopic (exact) mass is 354 g/mol. The maximum Gasteiger partial charge on any atom is 0.240 e. The van der Waals surface area contributed by atoms with Crippen LogP contribution in [0.15, 0.2) is 0 Å². The maximum absolute atomic E-state index is 12.2. The lowest BCUT2D eigenvalue weighted by molar-refractivity contribution is -0.128. The number of likely N-dealkylation sites (tertiary alicyclic amines) is 1. The van der Waals surface area contributed by atoms with Crippen LogP contribution in [0.5, 0.6) is 0 Å². The number of aryl methyl sites for hydroxylation is 2. The molecule has 1 aliphatic rings. The van der Waals surface area contributed by atoms with Crippen LogP contribution in [0.3, 0.4) is 0 Å². The summed E-state index contributed by atoms with van der Waals surface area (Å²) in [5.74, 6) is -0.167. The topological polar surface area (TPSA) is 94.6 Å². The van der Waals surface area contributed by atoms with Crippen molar-refractivity contribution in [2.45, 2.75) is 33.1 Å². The zero-order valence-corrected chi connectivity index (χ0v) is 15.1. The third-order valence-electron chi connectivity index (χ3n) is 4.15. The molecule has 2 heterocycles. The number of carbonyl (C=O) groups excluding carboxylic acids is 2. The smallest absolute Gasteiger partial charge is 0.240 e. The molecule has 24 heavy (non-hydrogen) atoms. The van der Waals surface area contributed by atoms with Gasteiger partial charge in [0, 0.05) is 24.6 Å². The number of amides is 2. The van der Waals surface area contributed by atoms with Gasteiger partial charge in [0.2, 0.25) is 11.8 Å². The molecule has 0 aliphatic carbocycles. The molecule has 1 aromatic heterocycles. The van der Waals surface area contributed by atoms with Gasteiger partial charge in [-0.05, 0) is 39.7 Å². The van der Waals surface area contributed by atoms with E-state index in [0.29, 0.717) is 24.6 Å². The fourth-order valence-electron chi connectivity index (χ4n) is 2.74. The number of anilines is 1. The van der Waals surface area contributed by atoms with Gasteiger partial charge in [-0.15, -0.1) is 11.3 Å². The Morgan fingerprint density at radius 2 is 2.21 bits per heavy atom. The largest absolute Gasteiger partial charge is 0.396 e. The minimum absolute atomic E-state index is 0.0136. The van der Waals surface area contributed by atoms with Crippen LogP contribution in [-0.2, 0) is 9.59 Å². The van der Waals surface area contributed by atoms with E-state index in [-0.39, 0.29) is 30.9 Å².